The van der Waals surface area contributed by atoms with Gasteiger partial charge in [0.05, 0.1) is 5.92 Å². The van der Waals surface area contributed by atoms with E-state index >= 15 is 0 Å². The standard InChI is InChI=1S/C32H24ClNO6/c1-2-26(30(37)40-24-6-4-3-5-7-24)20-8-10-21(11-9-20)32(22-12-15-25(16-13-22)39-29(36)19-35)27-18-23(33)14-17-28(27)34-31(32)38/h3-19,26H,2H2,1H3,(H,34,38). The molecule has 4 aromatic rings. The highest BCUT2D eigenvalue weighted by atomic mass is 35.5. The molecule has 1 amide bonds. The minimum atomic E-state index is -1.28. The zero-order valence-corrected chi connectivity index (χ0v) is 22.2. The quantitative estimate of drug-likeness (QED) is 0.128. The molecule has 0 spiro atoms. The van der Waals surface area contributed by atoms with Gasteiger partial charge in [-0.15, -0.1) is 0 Å². The van der Waals surface area contributed by atoms with Gasteiger partial charge in [0.2, 0.25) is 12.2 Å². The normalized spacial score (nSPS) is 16.4. The van der Waals surface area contributed by atoms with Crippen molar-refractivity contribution in [1.29, 1.82) is 0 Å². The van der Waals surface area contributed by atoms with Crippen molar-refractivity contribution >= 4 is 41.4 Å². The minimum Gasteiger partial charge on any atom is -0.426 e. The summed E-state index contributed by atoms with van der Waals surface area (Å²) >= 11 is 6.38. The third kappa shape index (κ3) is 4.87. The number of hydrogen-bond donors (Lipinski definition) is 1. The van der Waals surface area contributed by atoms with Crippen molar-refractivity contribution in [3.63, 3.8) is 0 Å². The molecule has 0 radical (unpaired) electrons. The summed E-state index contributed by atoms with van der Waals surface area (Å²) in [4.78, 5) is 48.9. The number of para-hydroxylation sites is 1. The molecular formula is C32H24ClNO6. The first-order valence-corrected chi connectivity index (χ1v) is 13.0. The molecule has 1 aliphatic heterocycles. The SMILES string of the molecule is CCC(C(=O)Oc1ccccc1)c1ccc(C2(c3ccc(OC(=O)C=O)cc3)C(=O)Nc3ccc(Cl)cc32)cc1. The summed E-state index contributed by atoms with van der Waals surface area (Å²) < 4.78 is 10.6. The van der Waals surface area contributed by atoms with Crippen LogP contribution in [0.15, 0.2) is 97.1 Å². The fraction of sp³-hybridized carbons (Fsp3) is 0.125. The van der Waals surface area contributed by atoms with Gasteiger partial charge in [-0.2, -0.15) is 0 Å². The van der Waals surface area contributed by atoms with Crippen LogP contribution in [0.3, 0.4) is 0 Å². The van der Waals surface area contributed by atoms with Gasteiger partial charge in [0.1, 0.15) is 16.9 Å². The number of rotatable bonds is 8. The van der Waals surface area contributed by atoms with Gasteiger partial charge in [0.15, 0.2) is 0 Å². The lowest BCUT2D eigenvalue weighted by atomic mass is 9.70. The largest absolute Gasteiger partial charge is 0.426 e. The van der Waals surface area contributed by atoms with E-state index in [1.807, 2.05) is 37.3 Å². The van der Waals surface area contributed by atoms with E-state index < -0.39 is 17.3 Å². The zero-order chi connectivity index (χ0) is 28.3. The van der Waals surface area contributed by atoms with E-state index in [0.29, 0.717) is 39.6 Å². The van der Waals surface area contributed by atoms with Gasteiger partial charge < -0.3 is 14.8 Å². The van der Waals surface area contributed by atoms with Crippen molar-refractivity contribution in [3.05, 3.63) is 124 Å². The van der Waals surface area contributed by atoms with E-state index in [9.17, 15) is 19.2 Å². The molecule has 2 unspecified atom stereocenters. The van der Waals surface area contributed by atoms with Crippen molar-refractivity contribution < 1.29 is 28.7 Å². The number of esters is 2. The second kappa shape index (κ2) is 11.2. The molecule has 2 atom stereocenters. The average molecular weight is 554 g/mol. The third-order valence-corrected chi connectivity index (χ3v) is 7.21. The summed E-state index contributed by atoms with van der Waals surface area (Å²) in [5.74, 6) is -1.54. The van der Waals surface area contributed by atoms with Crippen LogP contribution in [-0.2, 0) is 24.6 Å². The maximum Gasteiger partial charge on any atom is 0.376 e. The fourth-order valence-electron chi connectivity index (χ4n) is 5.11. The lowest BCUT2D eigenvalue weighted by Gasteiger charge is -2.29. The number of benzene rings is 4. The second-order valence-corrected chi connectivity index (χ2v) is 9.71. The summed E-state index contributed by atoms with van der Waals surface area (Å²) in [5.41, 5.74) is 2.00. The zero-order valence-electron chi connectivity index (χ0n) is 21.4. The molecule has 1 aliphatic rings. The Bertz CT molecular complexity index is 1580. The molecule has 0 saturated carbocycles. The van der Waals surface area contributed by atoms with Gasteiger partial charge in [0.25, 0.3) is 0 Å². The predicted molar refractivity (Wildman–Crippen MR) is 150 cm³/mol. The summed E-state index contributed by atoms with van der Waals surface area (Å²) in [7, 11) is 0. The van der Waals surface area contributed by atoms with Crippen LogP contribution in [0.4, 0.5) is 5.69 Å². The van der Waals surface area contributed by atoms with Crippen LogP contribution in [0.1, 0.15) is 41.5 Å². The average Bonchev–Trinajstić information content (AvgIpc) is 3.26. The Hall–Kier alpha value is -4.75. The first-order valence-electron chi connectivity index (χ1n) is 12.6. The molecule has 1 heterocycles. The Morgan fingerprint density at radius 1 is 0.875 bits per heavy atom. The lowest BCUT2D eigenvalue weighted by Crippen LogP contribution is -2.37. The van der Waals surface area contributed by atoms with Gasteiger partial charge in [-0.3, -0.25) is 14.4 Å². The molecule has 200 valence electrons. The maximum atomic E-state index is 13.8. The number of ether oxygens (including phenoxy) is 2. The Morgan fingerprint density at radius 2 is 1.50 bits per heavy atom. The topological polar surface area (TPSA) is 98.8 Å². The van der Waals surface area contributed by atoms with E-state index in [2.05, 4.69) is 5.32 Å². The Labute approximate surface area is 235 Å². The van der Waals surface area contributed by atoms with Crippen LogP contribution in [0.25, 0.3) is 0 Å². The smallest absolute Gasteiger partial charge is 0.376 e. The Kier molecular flexibility index (Phi) is 7.49. The van der Waals surface area contributed by atoms with Crippen LogP contribution >= 0.6 is 11.6 Å². The van der Waals surface area contributed by atoms with E-state index in [0.717, 1.165) is 5.56 Å². The van der Waals surface area contributed by atoms with Gasteiger partial charge >= 0.3 is 11.9 Å². The number of hydrogen-bond acceptors (Lipinski definition) is 6. The number of anilines is 1. The van der Waals surface area contributed by atoms with Gasteiger partial charge in [-0.05, 0) is 65.6 Å². The van der Waals surface area contributed by atoms with E-state index in [1.165, 1.54) is 12.1 Å². The number of carbonyl (C=O) groups excluding carboxylic acids is 4. The third-order valence-electron chi connectivity index (χ3n) is 6.98. The van der Waals surface area contributed by atoms with Crippen molar-refractivity contribution in [3.8, 4) is 11.5 Å². The monoisotopic (exact) mass is 553 g/mol. The molecule has 0 aliphatic carbocycles. The van der Waals surface area contributed by atoms with Gasteiger partial charge in [-0.25, -0.2) is 4.79 Å². The Morgan fingerprint density at radius 3 is 2.12 bits per heavy atom. The number of halogens is 1. The summed E-state index contributed by atoms with van der Waals surface area (Å²) in [6.45, 7) is 1.91. The van der Waals surface area contributed by atoms with Crippen molar-refractivity contribution in [1.82, 2.24) is 0 Å². The van der Waals surface area contributed by atoms with Crippen LogP contribution < -0.4 is 14.8 Å². The highest BCUT2D eigenvalue weighted by Gasteiger charge is 2.50. The molecule has 7 nitrogen and oxygen atoms in total. The molecule has 0 aromatic heterocycles. The maximum absolute atomic E-state index is 13.8. The predicted octanol–water partition coefficient (Wildman–Crippen LogP) is 5.83. The first-order chi connectivity index (χ1) is 19.4. The molecule has 1 N–H and O–H groups in total. The van der Waals surface area contributed by atoms with Crippen molar-refractivity contribution in [2.45, 2.75) is 24.7 Å². The first kappa shape index (κ1) is 26.8. The highest BCUT2D eigenvalue weighted by molar-refractivity contribution is 6.31. The van der Waals surface area contributed by atoms with Crippen molar-refractivity contribution in [2.24, 2.45) is 0 Å². The van der Waals surface area contributed by atoms with E-state index in [4.69, 9.17) is 21.1 Å². The van der Waals surface area contributed by atoms with Crippen LogP contribution in [0.2, 0.25) is 5.02 Å². The molecule has 0 fully saturated rings. The second-order valence-electron chi connectivity index (χ2n) is 9.27. The van der Waals surface area contributed by atoms with Gasteiger partial charge in [-0.1, -0.05) is 73.1 Å². The highest BCUT2D eigenvalue weighted by Crippen LogP contribution is 2.49. The molecule has 8 heteroatoms. The van der Waals surface area contributed by atoms with Crippen molar-refractivity contribution in [2.75, 3.05) is 5.32 Å². The summed E-state index contributed by atoms with van der Waals surface area (Å²) in [6.07, 6.45) is 0.606. The lowest BCUT2D eigenvalue weighted by molar-refractivity contribution is -0.141. The molecule has 4 aromatic carbocycles. The molecular weight excluding hydrogens is 530 g/mol. The number of fused-ring (bicyclic) bond motifs is 1. The molecule has 5 rings (SSSR count). The number of carbonyl (C=O) groups is 4. The summed E-state index contributed by atoms with van der Waals surface area (Å²) in [5, 5.41) is 3.42. The Balaban J connectivity index is 1.56. The van der Waals surface area contributed by atoms with Crippen LogP contribution in [-0.4, -0.2) is 24.1 Å². The van der Waals surface area contributed by atoms with Crippen LogP contribution in [0.5, 0.6) is 11.5 Å². The van der Waals surface area contributed by atoms with E-state index in [1.54, 1.807) is 54.6 Å². The fourth-order valence-corrected chi connectivity index (χ4v) is 5.28. The van der Waals surface area contributed by atoms with Gasteiger partial charge in [0, 0.05) is 16.3 Å². The molecule has 0 bridgehead atoms. The molecule has 0 saturated heterocycles. The number of amides is 1. The molecule has 40 heavy (non-hydrogen) atoms. The number of nitrogens with one attached hydrogen (secondary N) is 1. The van der Waals surface area contributed by atoms with E-state index in [-0.39, 0.29) is 23.9 Å². The summed E-state index contributed by atoms with van der Waals surface area (Å²) in [6, 6.07) is 27.8. The van der Waals surface area contributed by atoms with Crippen LogP contribution in [0, 0.1) is 0 Å². The minimum absolute atomic E-state index is 0.0822. The number of aldehydes is 1.